The van der Waals surface area contributed by atoms with Gasteiger partial charge in [0.25, 0.3) is 0 Å². The molecule has 0 saturated heterocycles. The van der Waals surface area contributed by atoms with Crippen LogP contribution in [0, 0.1) is 5.41 Å². The van der Waals surface area contributed by atoms with Crippen LogP contribution in [0.3, 0.4) is 0 Å². The lowest BCUT2D eigenvalue weighted by Gasteiger charge is -2.31. The van der Waals surface area contributed by atoms with Gasteiger partial charge in [-0.2, -0.15) is 0 Å². The average Bonchev–Trinajstić information content (AvgIpc) is 2.07. The summed E-state index contributed by atoms with van der Waals surface area (Å²) in [4.78, 5) is 12.3. The number of Topliss-reactive ketones (excluding diaryl/α,β-unsaturated/α-hetero) is 1. The summed E-state index contributed by atoms with van der Waals surface area (Å²) in [5.41, 5.74) is -0.254. The minimum absolute atomic E-state index is 0.0000463. The normalized spacial score (nSPS) is 14.9. The maximum absolute atomic E-state index is 12.3. The summed E-state index contributed by atoms with van der Waals surface area (Å²) in [5, 5.41) is 3.45. The van der Waals surface area contributed by atoms with Crippen molar-refractivity contribution >= 4 is 5.78 Å². The molecular formula is C14H29NO. The van der Waals surface area contributed by atoms with Crippen molar-refractivity contribution in [2.75, 3.05) is 0 Å². The number of nitrogens with one attached hydrogen (secondary N) is 1. The number of hydrogen-bond donors (Lipinski definition) is 1. The second kappa shape index (κ2) is 5.81. The lowest BCUT2D eigenvalue weighted by Crippen LogP contribution is -2.50. The topological polar surface area (TPSA) is 29.1 Å². The predicted octanol–water partition coefficient (Wildman–Crippen LogP) is 3.55. The molecule has 0 fully saturated rings. The summed E-state index contributed by atoms with van der Waals surface area (Å²) in [7, 11) is 0. The minimum Gasteiger partial charge on any atom is -0.303 e. The van der Waals surface area contributed by atoms with Gasteiger partial charge in [-0.3, -0.25) is 4.79 Å². The molecule has 0 rings (SSSR count). The van der Waals surface area contributed by atoms with Gasteiger partial charge in [0.05, 0.1) is 6.04 Å². The van der Waals surface area contributed by atoms with E-state index < -0.39 is 0 Å². The van der Waals surface area contributed by atoms with Gasteiger partial charge < -0.3 is 5.32 Å². The van der Waals surface area contributed by atoms with Gasteiger partial charge in [-0.25, -0.2) is 0 Å². The molecule has 1 unspecified atom stereocenters. The molecule has 16 heavy (non-hydrogen) atoms. The highest BCUT2D eigenvalue weighted by molar-refractivity contribution is 5.88. The Balaban J connectivity index is 4.61. The van der Waals surface area contributed by atoms with Crippen molar-refractivity contribution in [1.82, 2.24) is 5.32 Å². The monoisotopic (exact) mass is 227 g/mol. The molecule has 0 aromatic rings. The Labute approximate surface area is 101 Å². The van der Waals surface area contributed by atoms with E-state index >= 15 is 0 Å². The second-order valence-electron chi connectivity index (χ2n) is 6.70. The molecule has 0 spiro atoms. The standard InChI is InChI=1S/C14H29NO/c1-8-9-10-11(15-14(5,6)7)12(16)13(2,3)4/h11,15H,8-10H2,1-7H3. The van der Waals surface area contributed by atoms with E-state index in [4.69, 9.17) is 0 Å². The van der Waals surface area contributed by atoms with Gasteiger partial charge in [0, 0.05) is 11.0 Å². The van der Waals surface area contributed by atoms with E-state index in [2.05, 4.69) is 33.0 Å². The molecule has 0 aliphatic rings. The fourth-order valence-corrected chi connectivity index (χ4v) is 1.72. The smallest absolute Gasteiger partial charge is 0.155 e. The van der Waals surface area contributed by atoms with Gasteiger partial charge in [-0.1, -0.05) is 40.5 Å². The zero-order valence-electron chi connectivity index (χ0n) is 12.1. The predicted molar refractivity (Wildman–Crippen MR) is 70.7 cm³/mol. The van der Waals surface area contributed by atoms with Gasteiger partial charge >= 0.3 is 0 Å². The molecule has 96 valence electrons. The molecule has 2 heteroatoms. The second-order valence-corrected chi connectivity index (χ2v) is 6.70. The van der Waals surface area contributed by atoms with Crippen LogP contribution in [0.5, 0.6) is 0 Å². The maximum Gasteiger partial charge on any atom is 0.155 e. The first-order valence-corrected chi connectivity index (χ1v) is 6.40. The van der Waals surface area contributed by atoms with Crippen molar-refractivity contribution in [2.24, 2.45) is 5.41 Å². The van der Waals surface area contributed by atoms with Crippen molar-refractivity contribution in [3.63, 3.8) is 0 Å². The summed E-state index contributed by atoms with van der Waals surface area (Å²) >= 11 is 0. The first kappa shape index (κ1) is 15.6. The molecule has 0 amide bonds. The zero-order chi connectivity index (χ0) is 13.0. The van der Waals surface area contributed by atoms with Gasteiger partial charge in [-0.05, 0) is 27.2 Å². The van der Waals surface area contributed by atoms with Crippen molar-refractivity contribution < 1.29 is 4.79 Å². The summed E-state index contributed by atoms with van der Waals surface area (Å²) in [6.07, 6.45) is 3.19. The van der Waals surface area contributed by atoms with Crippen molar-refractivity contribution in [1.29, 1.82) is 0 Å². The Hall–Kier alpha value is -0.370. The third kappa shape index (κ3) is 6.26. The van der Waals surface area contributed by atoms with Crippen molar-refractivity contribution in [3.8, 4) is 0 Å². The molecule has 0 aromatic carbocycles. The molecule has 2 nitrogen and oxygen atoms in total. The fourth-order valence-electron chi connectivity index (χ4n) is 1.72. The summed E-state index contributed by atoms with van der Waals surface area (Å²) < 4.78 is 0. The molecule has 0 aliphatic carbocycles. The van der Waals surface area contributed by atoms with E-state index in [9.17, 15) is 4.79 Å². The molecule has 0 heterocycles. The van der Waals surface area contributed by atoms with E-state index in [1.165, 1.54) is 0 Å². The highest BCUT2D eigenvalue weighted by Crippen LogP contribution is 2.20. The first-order chi connectivity index (χ1) is 7.08. The minimum atomic E-state index is -0.253. The highest BCUT2D eigenvalue weighted by atomic mass is 16.1. The Morgan fingerprint density at radius 1 is 1.12 bits per heavy atom. The SMILES string of the molecule is CCCCC(NC(C)(C)C)C(=O)C(C)(C)C. The molecule has 0 saturated carbocycles. The average molecular weight is 227 g/mol. The van der Waals surface area contributed by atoms with Crippen LogP contribution >= 0.6 is 0 Å². The zero-order valence-corrected chi connectivity index (χ0v) is 12.1. The lowest BCUT2D eigenvalue weighted by atomic mass is 9.84. The fraction of sp³-hybridized carbons (Fsp3) is 0.929. The van der Waals surface area contributed by atoms with E-state index in [0.29, 0.717) is 5.78 Å². The number of unbranched alkanes of at least 4 members (excludes halogenated alkanes) is 1. The van der Waals surface area contributed by atoms with Gasteiger partial charge in [0.1, 0.15) is 0 Å². The van der Waals surface area contributed by atoms with Gasteiger partial charge in [-0.15, -0.1) is 0 Å². The van der Waals surface area contributed by atoms with E-state index in [0.717, 1.165) is 19.3 Å². The molecule has 0 bridgehead atoms. The van der Waals surface area contributed by atoms with Crippen LogP contribution in [0.2, 0.25) is 0 Å². The third-order valence-electron chi connectivity index (χ3n) is 2.51. The lowest BCUT2D eigenvalue weighted by molar-refractivity contribution is -0.129. The molecule has 1 N–H and O–H groups in total. The van der Waals surface area contributed by atoms with Gasteiger partial charge in [0.2, 0.25) is 0 Å². The first-order valence-electron chi connectivity index (χ1n) is 6.40. The van der Waals surface area contributed by atoms with E-state index in [1.807, 2.05) is 20.8 Å². The third-order valence-corrected chi connectivity index (χ3v) is 2.51. The van der Waals surface area contributed by atoms with Crippen molar-refractivity contribution in [2.45, 2.75) is 79.3 Å². The van der Waals surface area contributed by atoms with Crippen LogP contribution in [0.25, 0.3) is 0 Å². The summed E-state index contributed by atoms with van der Waals surface area (Å²) in [6, 6.07) is -0.0000463. The quantitative estimate of drug-likeness (QED) is 0.778. The molecule has 0 aliphatic heterocycles. The molecule has 0 aromatic heterocycles. The molecular weight excluding hydrogens is 198 g/mol. The largest absolute Gasteiger partial charge is 0.303 e. The van der Waals surface area contributed by atoms with E-state index in [1.54, 1.807) is 0 Å². The van der Waals surface area contributed by atoms with E-state index in [-0.39, 0.29) is 17.0 Å². The van der Waals surface area contributed by atoms with Crippen LogP contribution < -0.4 is 5.32 Å². The van der Waals surface area contributed by atoms with Crippen LogP contribution in [0.15, 0.2) is 0 Å². The number of carbonyl (C=O) groups excluding carboxylic acids is 1. The maximum atomic E-state index is 12.3. The Morgan fingerprint density at radius 3 is 1.94 bits per heavy atom. The van der Waals surface area contributed by atoms with Crippen molar-refractivity contribution in [3.05, 3.63) is 0 Å². The molecule has 0 radical (unpaired) electrons. The highest BCUT2D eigenvalue weighted by Gasteiger charge is 2.31. The summed E-state index contributed by atoms with van der Waals surface area (Å²) in [6.45, 7) is 14.5. The van der Waals surface area contributed by atoms with Crippen LogP contribution in [-0.2, 0) is 4.79 Å². The number of hydrogen-bond acceptors (Lipinski definition) is 2. The number of rotatable bonds is 5. The number of carbonyl (C=O) groups is 1. The Bertz CT molecular complexity index is 220. The summed E-state index contributed by atoms with van der Waals surface area (Å²) in [5.74, 6) is 0.330. The Morgan fingerprint density at radius 2 is 1.62 bits per heavy atom. The van der Waals surface area contributed by atoms with Crippen LogP contribution in [0.4, 0.5) is 0 Å². The Kier molecular flexibility index (Phi) is 5.67. The van der Waals surface area contributed by atoms with Crippen LogP contribution in [-0.4, -0.2) is 17.4 Å². The number of ketones is 1. The van der Waals surface area contributed by atoms with Crippen LogP contribution in [0.1, 0.15) is 67.7 Å². The molecule has 1 atom stereocenters. The van der Waals surface area contributed by atoms with Gasteiger partial charge in [0.15, 0.2) is 5.78 Å².